The van der Waals surface area contributed by atoms with Gasteiger partial charge in [0.2, 0.25) is 5.91 Å². The van der Waals surface area contributed by atoms with E-state index in [1.54, 1.807) is 11.0 Å². The first kappa shape index (κ1) is 13.7. The van der Waals surface area contributed by atoms with Crippen molar-refractivity contribution in [2.24, 2.45) is 11.7 Å². The van der Waals surface area contributed by atoms with E-state index in [-0.39, 0.29) is 23.7 Å². The molecule has 1 aromatic rings. The highest BCUT2D eigenvalue weighted by Crippen LogP contribution is 2.20. The van der Waals surface area contributed by atoms with E-state index in [0.29, 0.717) is 19.5 Å². The predicted octanol–water partition coefficient (Wildman–Crippen LogP) is 2.08. The predicted molar refractivity (Wildman–Crippen MR) is 72.7 cm³/mol. The third-order valence-electron chi connectivity index (χ3n) is 3.39. The molecule has 102 valence electrons. The molecule has 0 radical (unpaired) electrons. The molecular weight excluding hydrogens is 243 g/mol. The molecule has 0 aromatic heterocycles. The fourth-order valence-corrected chi connectivity index (χ4v) is 2.35. The maximum absolute atomic E-state index is 13.1. The maximum Gasteiger partial charge on any atom is 0.229 e. The average Bonchev–Trinajstić information content (AvgIpc) is 2.82. The van der Waals surface area contributed by atoms with Crippen molar-refractivity contribution in [1.29, 1.82) is 0 Å². The van der Waals surface area contributed by atoms with Gasteiger partial charge in [-0.3, -0.25) is 4.79 Å². The molecule has 19 heavy (non-hydrogen) atoms. The number of halogens is 1. The molecule has 0 spiro atoms. The van der Waals surface area contributed by atoms with Crippen LogP contribution in [-0.2, 0) is 11.3 Å². The van der Waals surface area contributed by atoms with Crippen LogP contribution in [0.1, 0.15) is 18.9 Å². The Morgan fingerprint density at radius 1 is 1.47 bits per heavy atom. The highest BCUT2D eigenvalue weighted by Gasteiger charge is 2.26. The molecule has 0 saturated heterocycles. The van der Waals surface area contributed by atoms with Gasteiger partial charge in [-0.25, -0.2) is 4.39 Å². The van der Waals surface area contributed by atoms with Gasteiger partial charge in [-0.1, -0.05) is 24.3 Å². The molecule has 1 aliphatic rings. The van der Waals surface area contributed by atoms with E-state index >= 15 is 0 Å². The Kier molecular flexibility index (Phi) is 4.32. The highest BCUT2D eigenvalue weighted by molar-refractivity contribution is 5.81. The number of nitrogens with zero attached hydrogens (tertiary/aromatic N) is 1. The smallest absolute Gasteiger partial charge is 0.229 e. The third kappa shape index (κ3) is 3.41. The van der Waals surface area contributed by atoms with Crippen LogP contribution in [0.25, 0.3) is 0 Å². The molecule has 2 atom stereocenters. The summed E-state index contributed by atoms with van der Waals surface area (Å²) in [5, 5.41) is 0. The van der Waals surface area contributed by atoms with E-state index in [2.05, 4.69) is 0 Å². The fraction of sp³-hybridized carbons (Fsp3) is 0.400. The minimum atomic E-state index is -0.274. The van der Waals surface area contributed by atoms with Crippen LogP contribution < -0.4 is 5.73 Å². The number of carbonyl (C=O) groups is 1. The maximum atomic E-state index is 13.1. The molecule has 0 saturated carbocycles. The second kappa shape index (κ2) is 5.97. The number of carbonyl (C=O) groups excluding carboxylic acids is 1. The standard InChI is InChI=1S/C15H19FN2O/c1-2-18(10-11-4-3-5-13(16)8-11)15(19)12-6-7-14(17)9-12/h3-8,12,14H,2,9-10,17H2,1H3. The van der Waals surface area contributed by atoms with Gasteiger partial charge in [0.15, 0.2) is 0 Å². The van der Waals surface area contributed by atoms with Crippen molar-refractivity contribution in [1.82, 2.24) is 4.90 Å². The second-order valence-corrected chi connectivity index (χ2v) is 4.87. The van der Waals surface area contributed by atoms with Crippen molar-refractivity contribution in [2.75, 3.05) is 6.54 Å². The van der Waals surface area contributed by atoms with E-state index in [0.717, 1.165) is 5.56 Å². The van der Waals surface area contributed by atoms with E-state index in [4.69, 9.17) is 5.73 Å². The highest BCUT2D eigenvalue weighted by atomic mass is 19.1. The molecule has 1 amide bonds. The van der Waals surface area contributed by atoms with Crippen LogP contribution in [0, 0.1) is 11.7 Å². The summed E-state index contributed by atoms with van der Waals surface area (Å²) in [5.74, 6) is -0.344. The lowest BCUT2D eigenvalue weighted by molar-refractivity contribution is -0.134. The summed E-state index contributed by atoms with van der Waals surface area (Å²) in [6.45, 7) is 2.97. The Hall–Kier alpha value is -1.68. The number of hydrogen-bond acceptors (Lipinski definition) is 2. The number of rotatable bonds is 4. The quantitative estimate of drug-likeness (QED) is 0.844. The Morgan fingerprint density at radius 3 is 2.84 bits per heavy atom. The van der Waals surface area contributed by atoms with Gasteiger partial charge in [-0.05, 0) is 31.0 Å². The molecule has 1 aliphatic carbocycles. The number of hydrogen-bond donors (Lipinski definition) is 1. The van der Waals surface area contributed by atoms with Crippen molar-refractivity contribution in [2.45, 2.75) is 25.9 Å². The topological polar surface area (TPSA) is 46.3 Å². The van der Waals surface area contributed by atoms with E-state index < -0.39 is 0 Å². The molecule has 0 aliphatic heterocycles. The normalized spacial score (nSPS) is 21.6. The summed E-state index contributed by atoms with van der Waals surface area (Å²) in [7, 11) is 0. The van der Waals surface area contributed by atoms with Crippen molar-refractivity contribution in [3.05, 3.63) is 47.8 Å². The van der Waals surface area contributed by atoms with Gasteiger partial charge >= 0.3 is 0 Å². The first-order valence-corrected chi connectivity index (χ1v) is 6.57. The zero-order valence-corrected chi connectivity index (χ0v) is 11.1. The van der Waals surface area contributed by atoms with Crippen LogP contribution in [0.15, 0.2) is 36.4 Å². The molecule has 2 unspecified atom stereocenters. The molecule has 0 bridgehead atoms. The Bertz CT molecular complexity index is 487. The monoisotopic (exact) mass is 262 g/mol. The van der Waals surface area contributed by atoms with Gasteiger partial charge in [0.05, 0.1) is 5.92 Å². The van der Waals surface area contributed by atoms with Crippen LogP contribution in [0.4, 0.5) is 4.39 Å². The summed E-state index contributed by atoms with van der Waals surface area (Å²) in [6, 6.07) is 6.33. The SMILES string of the molecule is CCN(Cc1cccc(F)c1)C(=O)C1C=CC(N)C1. The molecule has 0 heterocycles. The van der Waals surface area contributed by atoms with E-state index in [1.165, 1.54) is 12.1 Å². The molecular formula is C15H19FN2O. The molecule has 2 rings (SSSR count). The zero-order chi connectivity index (χ0) is 13.8. The largest absolute Gasteiger partial charge is 0.338 e. The van der Waals surface area contributed by atoms with Gasteiger partial charge < -0.3 is 10.6 Å². The Balaban J connectivity index is 2.04. The van der Waals surface area contributed by atoms with Crippen molar-refractivity contribution in [3.63, 3.8) is 0 Å². The molecule has 4 heteroatoms. The summed E-state index contributed by atoms with van der Waals surface area (Å²) < 4.78 is 13.1. The van der Waals surface area contributed by atoms with Gasteiger partial charge in [-0.15, -0.1) is 0 Å². The molecule has 0 fully saturated rings. The minimum Gasteiger partial charge on any atom is -0.338 e. The number of nitrogens with two attached hydrogens (primary N) is 1. The van der Waals surface area contributed by atoms with Crippen molar-refractivity contribution < 1.29 is 9.18 Å². The Morgan fingerprint density at radius 2 is 2.26 bits per heavy atom. The summed E-state index contributed by atoms with van der Waals surface area (Å²) >= 11 is 0. The summed E-state index contributed by atoms with van der Waals surface area (Å²) in [6.07, 6.45) is 4.41. The lowest BCUT2D eigenvalue weighted by Crippen LogP contribution is -2.35. The summed E-state index contributed by atoms with van der Waals surface area (Å²) in [5.41, 5.74) is 6.58. The third-order valence-corrected chi connectivity index (χ3v) is 3.39. The van der Waals surface area contributed by atoms with Gasteiger partial charge in [-0.2, -0.15) is 0 Å². The number of amides is 1. The van der Waals surface area contributed by atoms with Gasteiger partial charge in [0, 0.05) is 19.1 Å². The fourth-order valence-electron chi connectivity index (χ4n) is 2.35. The Labute approximate surface area is 112 Å². The second-order valence-electron chi connectivity index (χ2n) is 4.87. The molecule has 3 nitrogen and oxygen atoms in total. The lowest BCUT2D eigenvalue weighted by atomic mass is 10.1. The van der Waals surface area contributed by atoms with E-state index in [9.17, 15) is 9.18 Å². The number of benzene rings is 1. The first-order chi connectivity index (χ1) is 9.10. The van der Waals surface area contributed by atoms with Crippen LogP contribution in [0.2, 0.25) is 0 Å². The van der Waals surface area contributed by atoms with E-state index in [1.807, 2.05) is 25.1 Å². The van der Waals surface area contributed by atoms with Crippen molar-refractivity contribution in [3.8, 4) is 0 Å². The molecule has 1 aromatic carbocycles. The van der Waals surface area contributed by atoms with Crippen LogP contribution in [0.3, 0.4) is 0 Å². The van der Waals surface area contributed by atoms with Crippen LogP contribution in [0.5, 0.6) is 0 Å². The van der Waals surface area contributed by atoms with Gasteiger partial charge in [0.1, 0.15) is 5.82 Å². The van der Waals surface area contributed by atoms with Crippen molar-refractivity contribution >= 4 is 5.91 Å². The summed E-state index contributed by atoms with van der Waals surface area (Å²) in [4.78, 5) is 14.1. The van der Waals surface area contributed by atoms with Gasteiger partial charge in [0.25, 0.3) is 0 Å². The van der Waals surface area contributed by atoms with Crippen LogP contribution in [-0.4, -0.2) is 23.4 Å². The minimum absolute atomic E-state index is 0.0261. The van der Waals surface area contributed by atoms with Crippen LogP contribution >= 0.6 is 0 Å². The molecule has 2 N–H and O–H groups in total. The average molecular weight is 262 g/mol. The lowest BCUT2D eigenvalue weighted by Gasteiger charge is -2.24. The zero-order valence-electron chi connectivity index (χ0n) is 11.1. The first-order valence-electron chi connectivity index (χ1n) is 6.57.